The van der Waals surface area contributed by atoms with Crippen LogP contribution in [0.15, 0.2) is 50.8 Å². The second-order valence-corrected chi connectivity index (χ2v) is 12.7. The Morgan fingerprint density at radius 3 is 2.33 bits per heavy atom. The van der Waals surface area contributed by atoms with Crippen LogP contribution in [0, 0.1) is 6.92 Å². The van der Waals surface area contributed by atoms with Gasteiger partial charge in [-0.3, -0.25) is 14.7 Å². The summed E-state index contributed by atoms with van der Waals surface area (Å²) >= 11 is 5.28. The van der Waals surface area contributed by atoms with Crippen LogP contribution in [0.1, 0.15) is 87.8 Å². The molecule has 0 spiro atoms. The second kappa shape index (κ2) is 13.4. The van der Waals surface area contributed by atoms with Gasteiger partial charge in [0.15, 0.2) is 16.7 Å². The molecule has 2 aromatic carbocycles. The quantitative estimate of drug-likeness (QED) is 0.280. The summed E-state index contributed by atoms with van der Waals surface area (Å²) in [5, 5.41) is 0.907. The van der Waals surface area contributed by atoms with E-state index in [1.54, 1.807) is 11.8 Å². The lowest BCUT2D eigenvalue weighted by molar-refractivity contribution is -0.124. The van der Waals surface area contributed by atoms with Crippen LogP contribution in [-0.4, -0.2) is 34.7 Å². The average molecular weight is 612 g/mol. The molecule has 0 radical (unpaired) electrons. The predicted octanol–water partition coefficient (Wildman–Crippen LogP) is 8.67. The van der Waals surface area contributed by atoms with E-state index >= 15 is 0 Å². The van der Waals surface area contributed by atoms with Gasteiger partial charge in [-0.05, 0) is 80.6 Å². The summed E-state index contributed by atoms with van der Waals surface area (Å²) < 4.78 is 13.0. The molecular formula is C32H39BrN2O3S. The Labute approximate surface area is 245 Å². The van der Waals surface area contributed by atoms with Gasteiger partial charge >= 0.3 is 0 Å². The zero-order valence-electron chi connectivity index (χ0n) is 23.1. The van der Waals surface area contributed by atoms with Crippen LogP contribution in [0.4, 0.5) is 0 Å². The monoisotopic (exact) mass is 610 g/mol. The van der Waals surface area contributed by atoms with Gasteiger partial charge in [-0.25, -0.2) is 0 Å². The van der Waals surface area contributed by atoms with Gasteiger partial charge in [-0.1, -0.05) is 84.3 Å². The van der Waals surface area contributed by atoms with Crippen molar-refractivity contribution in [3.8, 4) is 11.5 Å². The number of carbonyl (C=O) groups is 1. The molecule has 0 atom stereocenters. The van der Waals surface area contributed by atoms with Crippen LogP contribution in [0.3, 0.4) is 0 Å². The molecule has 2 aliphatic carbocycles. The Kier molecular flexibility index (Phi) is 9.72. The summed E-state index contributed by atoms with van der Waals surface area (Å²) in [4.78, 5) is 21.7. The van der Waals surface area contributed by atoms with Crippen molar-refractivity contribution in [3.05, 3.63) is 62.5 Å². The van der Waals surface area contributed by atoms with Gasteiger partial charge < -0.3 is 9.47 Å². The minimum Gasteiger partial charge on any atom is -0.490 e. The highest BCUT2D eigenvalue weighted by Crippen LogP contribution is 2.41. The van der Waals surface area contributed by atoms with Crippen molar-refractivity contribution in [2.45, 2.75) is 96.7 Å². The third-order valence-electron chi connectivity index (χ3n) is 7.81. The van der Waals surface area contributed by atoms with Gasteiger partial charge in [-0.15, -0.1) is 0 Å². The molecule has 1 amide bonds. The molecule has 208 valence electrons. The van der Waals surface area contributed by atoms with Crippen molar-refractivity contribution in [2.24, 2.45) is 4.99 Å². The van der Waals surface area contributed by atoms with Crippen molar-refractivity contribution in [1.82, 2.24) is 4.90 Å². The molecule has 0 bridgehead atoms. The molecule has 3 fully saturated rings. The van der Waals surface area contributed by atoms with Crippen molar-refractivity contribution < 1.29 is 14.3 Å². The third kappa shape index (κ3) is 7.10. The molecule has 0 unspecified atom stereocenters. The van der Waals surface area contributed by atoms with Crippen LogP contribution in [0.25, 0.3) is 6.08 Å². The molecule has 0 aromatic heterocycles. The highest BCUT2D eigenvalue weighted by atomic mass is 79.9. The normalized spacial score (nSPS) is 21.2. The number of hydrogen-bond acceptors (Lipinski definition) is 5. The van der Waals surface area contributed by atoms with Gasteiger partial charge in [0.2, 0.25) is 0 Å². The molecule has 5 nitrogen and oxygen atoms in total. The van der Waals surface area contributed by atoms with Crippen molar-refractivity contribution in [2.75, 3.05) is 6.61 Å². The molecule has 5 rings (SSSR count). The first-order chi connectivity index (χ1) is 19.0. The molecule has 0 N–H and O–H groups in total. The largest absolute Gasteiger partial charge is 0.490 e. The number of rotatable bonds is 8. The van der Waals surface area contributed by atoms with Crippen LogP contribution in [-0.2, 0) is 11.4 Å². The van der Waals surface area contributed by atoms with E-state index in [1.165, 1.54) is 44.1 Å². The predicted molar refractivity (Wildman–Crippen MR) is 164 cm³/mol. The number of hydrogen-bond donors (Lipinski definition) is 0. The molecule has 3 aliphatic rings. The van der Waals surface area contributed by atoms with E-state index in [4.69, 9.17) is 14.5 Å². The Balaban J connectivity index is 1.41. The fourth-order valence-electron chi connectivity index (χ4n) is 5.63. The summed E-state index contributed by atoms with van der Waals surface area (Å²) in [5.41, 5.74) is 3.23. The molecule has 7 heteroatoms. The van der Waals surface area contributed by atoms with E-state index in [2.05, 4.69) is 47.1 Å². The van der Waals surface area contributed by atoms with Crippen LogP contribution in [0.5, 0.6) is 11.5 Å². The van der Waals surface area contributed by atoms with Crippen molar-refractivity contribution in [1.29, 1.82) is 0 Å². The Bertz CT molecular complexity index is 1210. The lowest BCUT2D eigenvalue weighted by atomic mass is 9.94. The van der Waals surface area contributed by atoms with Gasteiger partial charge in [-0.2, -0.15) is 0 Å². The SMILES string of the molecule is CCOc1cc(C=C2SC(=NC3CCCCC3)N(C3CCCCC3)C2=O)c(Br)cc1OCc1ccc(C)cc1. The van der Waals surface area contributed by atoms with Gasteiger partial charge in [0.1, 0.15) is 6.61 Å². The van der Waals surface area contributed by atoms with E-state index in [1.807, 2.05) is 30.0 Å². The van der Waals surface area contributed by atoms with Gasteiger partial charge in [0.05, 0.1) is 17.6 Å². The third-order valence-corrected chi connectivity index (χ3v) is 9.49. The molecular weight excluding hydrogens is 572 g/mol. The van der Waals surface area contributed by atoms with Crippen LogP contribution < -0.4 is 9.47 Å². The minimum atomic E-state index is 0.0889. The molecule has 1 heterocycles. The number of carbonyl (C=O) groups excluding carboxylic acids is 1. The number of amides is 1. The fraction of sp³-hybridized carbons (Fsp3) is 0.500. The molecule has 2 aromatic rings. The maximum Gasteiger partial charge on any atom is 0.267 e. The summed E-state index contributed by atoms with van der Waals surface area (Å²) in [5.74, 6) is 1.45. The van der Waals surface area contributed by atoms with E-state index in [9.17, 15) is 4.79 Å². The van der Waals surface area contributed by atoms with E-state index < -0.39 is 0 Å². The lowest BCUT2D eigenvalue weighted by Gasteiger charge is -2.31. The molecule has 1 saturated heterocycles. The number of nitrogens with zero attached hydrogens (tertiary/aromatic N) is 2. The van der Waals surface area contributed by atoms with Gasteiger partial charge in [0.25, 0.3) is 5.91 Å². The Morgan fingerprint density at radius 1 is 0.974 bits per heavy atom. The smallest absolute Gasteiger partial charge is 0.267 e. The first kappa shape index (κ1) is 28.3. The maximum atomic E-state index is 13.8. The lowest BCUT2D eigenvalue weighted by Crippen LogP contribution is -2.41. The number of amidine groups is 1. The number of benzene rings is 2. The van der Waals surface area contributed by atoms with Crippen LogP contribution >= 0.6 is 27.7 Å². The fourth-order valence-corrected chi connectivity index (χ4v) is 7.17. The first-order valence-electron chi connectivity index (χ1n) is 14.5. The van der Waals surface area contributed by atoms with Crippen LogP contribution in [0.2, 0.25) is 0 Å². The maximum absolute atomic E-state index is 13.8. The number of ether oxygens (including phenoxy) is 2. The molecule has 1 aliphatic heterocycles. The topological polar surface area (TPSA) is 51.1 Å². The van der Waals surface area contributed by atoms with E-state index in [0.29, 0.717) is 30.8 Å². The Morgan fingerprint density at radius 2 is 1.64 bits per heavy atom. The number of halogens is 1. The zero-order chi connectivity index (χ0) is 27.2. The summed E-state index contributed by atoms with van der Waals surface area (Å²) in [6.07, 6.45) is 13.8. The Hall–Kier alpha value is -2.25. The highest BCUT2D eigenvalue weighted by Gasteiger charge is 2.39. The van der Waals surface area contributed by atoms with Crippen molar-refractivity contribution in [3.63, 3.8) is 0 Å². The summed E-state index contributed by atoms with van der Waals surface area (Å²) in [6, 6.07) is 12.9. The summed E-state index contributed by atoms with van der Waals surface area (Å²) in [7, 11) is 0. The average Bonchev–Trinajstić information content (AvgIpc) is 3.25. The highest BCUT2D eigenvalue weighted by molar-refractivity contribution is 9.10. The minimum absolute atomic E-state index is 0.0889. The van der Waals surface area contributed by atoms with E-state index in [-0.39, 0.29) is 11.9 Å². The number of thioether (sulfide) groups is 1. The number of aryl methyl sites for hydroxylation is 1. The molecule has 39 heavy (non-hydrogen) atoms. The number of aliphatic imine (C=N–C) groups is 1. The molecule has 2 saturated carbocycles. The van der Waals surface area contributed by atoms with E-state index in [0.717, 1.165) is 51.4 Å². The summed E-state index contributed by atoms with van der Waals surface area (Å²) in [6.45, 7) is 5.03. The first-order valence-corrected chi connectivity index (χ1v) is 16.1. The zero-order valence-corrected chi connectivity index (χ0v) is 25.5. The van der Waals surface area contributed by atoms with Gasteiger partial charge in [0, 0.05) is 10.5 Å². The second-order valence-electron chi connectivity index (χ2n) is 10.8. The van der Waals surface area contributed by atoms with Crippen molar-refractivity contribution >= 4 is 44.8 Å². The standard InChI is InChI=1S/C32H39BrN2O3S/c1-3-37-28-18-24(27(33)20-29(28)38-21-23-16-14-22(2)15-17-23)19-30-31(36)35(26-12-8-5-9-13-26)32(39-30)34-25-10-6-4-7-11-25/h14-20,25-26H,3-13,21H2,1-2H3.